The lowest BCUT2D eigenvalue weighted by molar-refractivity contribution is -0.112. The molecule has 6 heteroatoms. The van der Waals surface area contributed by atoms with Crippen molar-refractivity contribution in [3.63, 3.8) is 0 Å². The first-order valence-electron chi connectivity index (χ1n) is 9.19. The molecule has 0 aliphatic rings. The van der Waals surface area contributed by atoms with Gasteiger partial charge in [-0.15, -0.1) is 0 Å². The van der Waals surface area contributed by atoms with E-state index in [2.05, 4.69) is 5.32 Å². The van der Waals surface area contributed by atoms with Gasteiger partial charge in [0.15, 0.2) is 0 Å². The highest BCUT2D eigenvalue weighted by Gasteiger charge is 2.14. The molecule has 0 fully saturated rings. The predicted octanol–water partition coefficient (Wildman–Crippen LogP) is 4.44. The highest BCUT2D eigenvalue weighted by molar-refractivity contribution is 6.07. The molecule has 0 aliphatic heterocycles. The molecule has 0 unspecified atom stereocenters. The Bertz CT molecular complexity index is 1090. The molecule has 0 aliphatic carbocycles. The number of carbonyl (C=O) groups is 2. The molecule has 2 N–H and O–H groups in total. The number of benzene rings is 3. The van der Waals surface area contributed by atoms with Gasteiger partial charge in [0.1, 0.15) is 11.6 Å². The van der Waals surface area contributed by atoms with E-state index in [0.29, 0.717) is 12.2 Å². The summed E-state index contributed by atoms with van der Waals surface area (Å²) in [4.78, 5) is 25.4. The number of nitrogens with one attached hydrogen (secondary N) is 1. The molecule has 148 valence electrons. The first kappa shape index (κ1) is 20.4. The van der Waals surface area contributed by atoms with Crippen LogP contribution in [0.4, 0.5) is 11.4 Å². The van der Waals surface area contributed by atoms with Crippen molar-refractivity contribution in [3.8, 4) is 6.07 Å². The summed E-state index contributed by atoms with van der Waals surface area (Å²) in [5.41, 5.74) is 2.31. The average Bonchev–Trinajstić information content (AvgIpc) is 2.78. The van der Waals surface area contributed by atoms with Gasteiger partial charge >= 0.3 is 5.97 Å². The van der Waals surface area contributed by atoms with Gasteiger partial charge < -0.3 is 15.3 Å². The standard InChI is InChI=1S/C24H19N3O3/c25-15-20(23(28)26-21-13-11-19(12-14-21)24(29)30)17-27(22-9-5-2-6-10-22)16-18-7-3-1-4-8-18/h1-14,17H,16H2,(H,26,28)(H,29,30)/b20-17-. The summed E-state index contributed by atoms with van der Waals surface area (Å²) >= 11 is 0. The number of amides is 1. The van der Waals surface area contributed by atoms with Crippen LogP contribution >= 0.6 is 0 Å². The van der Waals surface area contributed by atoms with E-state index >= 15 is 0 Å². The lowest BCUT2D eigenvalue weighted by Gasteiger charge is -2.21. The third-order valence-electron chi connectivity index (χ3n) is 4.32. The fraction of sp³-hybridized carbons (Fsp3) is 0.0417. The molecule has 0 spiro atoms. The van der Waals surface area contributed by atoms with E-state index < -0.39 is 11.9 Å². The molecular formula is C24H19N3O3. The lowest BCUT2D eigenvalue weighted by atomic mass is 10.1. The van der Waals surface area contributed by atoms with Crippen LogP contribution in [0.1, 0.15) is 15.9 Å². The van der Waals surface area contributed by atoms with Crippen molar-refractivity contribution in [2.45, 2.75) is 6.54 Å². The van der Waals surface area contributed by atoms with Gasteiger partial charge in [0.2, 0.25) is 0 Å². The molecule has 0 aromatic heterocycles. The maximum atomic E-state index is 12.6. The summed E-state index contributed by atoms with van der Waals surface area (Å²) in [5.74, 6) is -1.63. The zero-order valence-corrected chi connectivity index (χ0v) is 16.0. The molecule has 30 heavy (non-hydrogen) atoms. The Labute approximate surface area is 174 Å². The normalized spacial score (nSPS) is 10.7. The summed E-state index contributed by atoms with van der Waals surface area (Å²) in [6.45, 7) is 0.483. The van der Waals surface area contributed by atoms with E-state index in [9.17, 15) is 14.9 Å². The van der Waals surface area contributed by atoms with Crippen molar-refractivity contribution >= 4 is 23.3 Å². The van der Waals surface area contributed by atoms with Gasteiger partial charge in [-0.2, -0.15) is 5.26 Å². The van der Waals surface area contributed by atoms with Crippen molar-refractivity contribution < 1.29 is 14.7 Å². The minimum atomic E-state index is -1.05. The first-order valence-corrected chi connectivity index (χ1v) is 9.19. The van der Waals surface area contributed by atoms with Gasteiger partial charge in [0.05, 0.1) is 5.56 Å². The van der Waals surface area contributed by atoms with Crippen LogP contribution in [0.15, 0.2) is 96.7 Å². The second-order valence-electron chi connectivity index (χ2n) is 6.44. The third kappa shape index (κ3) is 5.33. The summed E-state index contributed by atoms with van der Waals surface area (Å²) < 4.78 is 0. The van der Waals surface area contributed by atoms with Crippen molar-refractivity contribution in [2.75, 3.05) is 10.2 Å². The molecule has 0 bridgehead atoms. The van der Waals surface area contributed by atoms with Crippen LogP contribution in [0.2, 0.25) is 0 Å². The number of rotatable bonds is 7. The smallest absolute Gasteiger partial charge is 0.335 e. The van der Waals surface area contributed by atoms with Gasteiger partial charge in [-0.25, -0.2) is 4.79 Å². The van der Waals surface area contributed by atoms with Crippen molar-refractivity contribution in [1.29, 1.82) is 5.26 Å². The van der Waals surface area contributed by atoms with E-state index in [0.717, 1.165) is 11.3 Å². The number of carboxylic acid groups (broad SMARTS) is 1. The number of nitrogens with zero attached hydrogens (tertiary/aromatic N) is 2. The van der Waals surface area contributed by atoms with Gasteiger partial charge in [0, 0.05) is 24.1 Å². The molecular weight excluding hydrogens is 378 g/mol. The van der Waals surface area contributed by atoms with Crippen LogP contribution in [0.5, 0.6) is 0 Å². The molecule has 0 heterocycles. The van der Waals surface area contributed by atoms with Crippen LogP contribution in [0.25, 0.3) is 0 Å². The summed E-state index contributed by atoms with van der Waals surface area (Å²) in [6.07, 6.45) is 1.52. The number of hydrogen-bond acceptors (Lipinski definition) is 4. The second-order valence-corrected chi connectivity index (χ2v) is 6.44. The number of aromatic carboxylic acids is 1. The van der Waals surface area contributed by atoms with Crippen molar-refractivity contribution in [3.05, 3.63) is 108 Å². The van der Waals surface area contributed by atoms with Crippen LogP contribution in [0, 0.1) is 11.3 Å². The van der Waals surface area contributed by atoms with Crippen LogP contribution < -0.4 is 10.2 Å². The van der Waals surface area contributed by atoms with E-state index in [1.807, 2.05) is 71.6 Å². The zero-order chi connectivity index (χ0) is 21.3. The van der Waals surface area contributed by atoms with Crippen LogP contribution in [-0.4, -0.2) is 17.0 Å². The third-order valence-corrected chi connectivity index (χ3v) is 4.32. The summed E-state index contributed by atoms with van der Waals surface area (Å²) in [5, 5.41) is 21.2. The fourth-order valence-corrected chi connectivity index (χ4v) is 2.80. The second kappa shape index (κ2) is 9.71. The van der Waals surface area contributed by atoms with Crippen molar-refractivity contribution in [2.24, 2.45) is 0 Å². The highest BCUT2D eigenvalue weighted by atomic mass is 16.4. The van der Waals surface area contributed by atoms with Crippen molar-refractivity contribution in [1.82, 2.24) is 0 Å². The zero-order valence-electron chi connectivity index (χ0n) is 16.0. The molecule has 0 saturated carbocycles. The molecule has 6 nitrogen and oxygen atoms in total. The predicted molar refractivity (Wildman–Crippen MR) is 115 cm³/mol. The number of nitriles is 1. The topological polar surface area (TPSA) is 93.4 Å². The number of carbonyl (C=O) groups excluding carboxylic acids is 1. The minimum Gasteiger partial charge on any atom is -0.478 e. The molecule has 0 radical (unpaired) electrons. The quantitative estimate of drug-likeness (QED) is 0.454. The van der Waals surface area contributed by atoms with Crippen LogP contribution in [0.3, 0.4) is 0 Å². The Balaban J connectivity index is 1.84. The monoisotopic (exact) mass is 397 g/mol. The molecule has 1 amide bonds. The molecule has 3 aromatic rings. The van der Waals surface area contributed by atoms with Gasteiger partial charge in [-0.3, -0.25) is 4.79 Å². The van der Waals surface area contributed by atoms with Gasteiger partial charge in [-0.05, 0) is 42.0 Å². The largest absolute Gasteiger partial charge is 0.478 e. The Morgan fingerprint density at radius 3 is 2.10 bits per heavy atom. The summed E-state index contributed by atoms with van der Waals surface area (Å²) in [7, 11) is 0. The maximum absolute atomic E-state index is 12.6. The van der Waals surface area contributed by atoms with Gasteiger partial charge in [0.25, 0.3) is 5.91 Å². The fourth-order valence-electron chi connectivity index (χ4n) is 2.80. The number of hydrogen-bond donors (Lipinski definition) is 2. The van der Waals surface area contributed by atoms with E-state index in [1.165, 1.54) is 30.5 Å². The van der Waals surface area contributed by atoms with E-state index in [4.69, 9.17) is 5.11 Å². The minimum absolute atomic E-state index is 0.0721. The molecule has 0 atom stereocenters. The Kier molecular flexibility index (Phi) is 6.59. The van der Waals surface area contributed by atoms with E-state index in [1.54, 1.807) is 0 Å². The lowest BCUT2D eigenvalue weighted by Crippen LogP contribution is -2.20. The Hall–Kier alpha value is -4.37. The van der Waals surface area contributed by atoms with Gasteiger partial charge in [-0.1, -0.05) is 48.5 Å². The van der Waals surface area contributed by atoms with Crippen LogP contribution in [-0.2, 0) is 11.3 Å². The molecule has 3 aromatic carbocycles. The first-order chi connectivity index (χ1) is 14.6. The average molecular weight is 397 g/mol. The Morgan fingerprint density at radius 1 is 0.933 bits per heavy atom. The SMILES string of the molecule is N#C/C(=C/N(Cc1ccccc1)c1ccccc1)C(=O)Nc1ccc(C(=O)O)cc1. The highest BCUT2D eigenvalue weighted by Crippen LogP contribution is 2.19. The molecule has 3 rings (SSSR count). The van der Waals surface area contributed by atoms with E-state index in [-0.39, 0.29) is 11.1 Å². The number of anilines is 2. The molecule has 0 saturated heterocycles. The number of para-hydroxylation sites is 1. The Morgan fingerprint density at radius 2 is 1.53 bits per heavy atom. The maximum Gasteiger partial charge on any atom is 0.335 e. The summed E-state index contributed by atoms with van der Waals surface area (Å²) in [6, 6.07) is 26.9. The number of carboxylic acids is 1.